The number of ketones is 1. The van der Waals surface area contributed by atoms with Crippen LogP contribution >= 0.6 is 0 Å². The predicted octanol–water partition coefficient (Wildman–Crippen LogP) is 1.05. The second-order valence-corrected chi connectivity index (χ2v) is 2.95. The van der Waals surface area contributed by atoms with Crippen molar-refractivity contribution in [3.8, 4) is 0 Å². The van der Waals surface area contributed by atoms with Crippen molar-refractivity contribution in [1.82, 2.24) is 14.8 Å². The van der Waals surface area contributed by atoms with Gasteiger partial charge in [0.25, 0.3) is 0 Å². The topological polar surface area (TPSA) is 47.8 Å². The van der Waals surface area contributed by atoms with Crippen LogP contribution in [-0.2, 0) is 7.05 Å². The second kappa shape index (κ2) is 3.41. The lowest BCUT2D eigenvalue weighted by molar-refractivity contribution is 0.103. The average Bonchev–Trinajstić information content (AvgIpc) is 2.65. The van der Waals surface area contributed by atoms with Crippen LogP contribution in [0, 0.1) is 0 Å². The van der Waals surface area contributed by atoms with Gasteiger partial charge in [-0.25, -0.2) is 0 Å². The molecule has 0 fully saturated rings. The lowest BCUT2D eigenvalue weighted by atomic mass is 10.1. The molecule has 0 aliphatic heterocycles. The maximum atomic E-state index is 11.7. The molecule has 0 spiro atoms. The maximum Gasteiger partial charge on any atom is 0.214 e. The van der Waals surface area contributed by atoms with E-state index in [-0.39, 0.29) is 5.78 Å². The molecule has 2 aromatic rings. The fourth-order valence-corrected chi connectivity index (χ4v) is 1.18. The van der Waals surface area contributed by atoms with Crippen molar-refractivity contribution in [3.63, 3.8) is 0 Å². The highest BCUT2D eigenvalue weighted by molar-refractivity contribution is 6.07. The van der Waals surface area contributed by atoms with E-state index in [1.165, 1.54) is 6.20 Å². The lowest BCUT2D eigenvalue weighted by Crippen LogP contribution is -2.03. The maximum absolute atomic E-state index is 11.7. The van der Waals surface area contributed by atoms with Crippen LogP contribution in [0.3, 0.4) is 0 Å². The largest absolute Gasteiger partial charge is 0.287 e. The summed E-state index contributed by atoms with van der Waals surface area (Å²) in [4.78, 5) is 15.6. The van der Waals surface area contributed by atoms with Gasteiger partial charge in [-0.1, -0.05) is 0 Å². The summed E-state index contributed by atoms with van der Waals surface area (Å²) in [6.07, 6.45) is 4.91. The molecular formula is C10H9N3O. The molecule has 0 radical (unpaired) electrons. The Morgan fingerprint density at radius 1 is 1.43 bits per heavy atom. The van der Waals surface area contributed by atoms with Gasteiger partial charge in [-0.15, -0.1) is 0 Å². The molecule has 2 heterocycles. The Labute approximate surface area is 81.2 Å². The number of aryl methyl sites for hydroxylation is 1. The van der Waals surface area contributed by atoms with Gasteiger partial charge in [0.05, 0.1) is 0 Å². The summed E-state index contributed by atoms with van der Waals surface area (Å²) in [5.41, 5.74) is 1.01. The number of nitrogens with zero attached hydrogens (tertiary/aromatic N) is 3. The van der Waals surface area contributed by atoms with Gasteiger partial charge in [0.2, 0.25) is 5.78 Å². The fraction of sp³-hybridized carbons (Fsp3) is 0.100. The van der Waals surface area contributed by atoms with E-state index >= 15 is 0 Å². The monoisotopic (exact) mass is 187 g/mol. The quantitative estimate of drug-likeness (QED) is 0.660. The van der Waals surface area contributed by atoms with Gasteiger partial charge in [-0.2, -0.15) is 5.10 Å². The van der Waals surface area contributed by atoms with Gasteiger partial charge in [0.15, 0.2) is 0 Å². The van der Waals surface area contributed by atoms with Crippen molar-refractivity contribution in [2.45, 2.75) is 0 Å². The molecular weight excluding hydrogens is 178 g/mol. The van der Waals surface area contributed by atoms with Gasteiger partial charge < -0.3 is 0 Å². The van der Waals surface area contributed by atoms with Crippen molar-refractivity contribution in [2.24, 2.45) is 7.05 Å². The summed E-state index contributed by atoms with van der Waals surface area (Å²) in [5, 5.41) is 4.03. The van der Waals surface area contributed by atoms with Crippen molar-refractivity contribution in [1.29, 1.82) is 0 Å². The molecule has 0 N–H and O–H groups in total. The van der Waals surface area contributed by atoms with Crippen LogP contribution in [0.25, 0.3) is 0 Å². The number of pyridine rings is 1. The van der Waals surface area contributed by atoms with Crippen LogP contribution < -0.4 is 0 Å². The standard InChI is InChI=1S/C10H9N3O/c1-13-6-4-9(12-13)10(14)8-3-2-5-11-7-8/h2-7H,1H3. The zero-order valence-corrected chi connectivity index (χ0v) is 7.71. The predicted molar refractivity (Wildman–Crippen MR) is 50.9 cm³/mol. The molecule has 0 saturated carbocycles. The summed E-state index contributed by atoms with van der Waals surface area (Å²) in [6.45, 7) is 0. The Morgan fingerprint density at radius 2 is 2.29 bits per heavy atom. The van der Waals surface area contributed by atoms with E-state index in [0.717, 1.165) is 0 Å². The summed E-state index contributed by atoms with van der Waals surface area (Å²) in [6, 6.07) is 5.15. The normalized spacial score (nSPS) is 10.1. The third kappa shape index (κ3) is 1.54. The highest BCUT2D eigenvalue weighted by atomic mass is 16.1. The zero-order chi connectivity index (χ0) is 9.97. The van der Waals surface area contributed by atoms with Crippen molar-refractivity contribution in [3.05, 3.63) is 48.0 Å². The third-order valence-corrected chi connectivity index (χ3v) is 1.87. The van der Waals surface area contributed by atoms with Gasteiger partial charge in [-0.3, -0.25) is 14.5 Å². The minimum atomic E-state index is -0.0984. The minimum Gasteiger partial charge on any atom is -0.287 e. The first-order valence-corrected chi connectivity index (χ1v) is 4.22. The molecule has 4 heteroatoms. The highest BCUT2D eigenvalue weighted by Gasteiger charge is 2.10. The average molecular weight is 187 g/mol. The Balaban J connectivity index is 2.34. The Bertz CT molecular complexity index is 447. The molecule has 70 valence electrons. The number of aromatic nitrogens is 3. The van der Waals surface area contributed by atoms with E-state index in [9.17, 15) is 4.79 Å². The first kappa shape index (κ1) is 8.62. The molecule has 0 aliphatic rings. The Morgan fingerprint density at radius 3 is 2.86 bits per heavy atom. The van der Waals surface area contributed by atoms with Gasteiger partial charge >= 0.3 is 0 Å². The summed E-state index contributed by atoms with van der Waals surface area (Å²) < 4.78 is 1.60. The van der Waals surface area contributed by atoms with Crippen molar-refractivity contribution < 1.29 is 4.79 Å². The smallest absolute Gasteiger partial charge is 0.214 e. The first-order valence-electron chi connectivity index (χ1n) is 4.22. The zero-order valence-electron chi connectivity index (χ0n) is 7.71. The summed E-state index contributed by atoms with van der Waals surface area (Å²) in [7, 11) is 1.78. The molecule has 0 amide bonds. The number of hydrogen-bond acceptors (Lipinski definition) is 3. The van der Waals surface area contributed by atoms with Crippen LogP contribution in [0.4, 0.5) is 0 Å². The summed E-state index contributed by atoms with van der Waals surface area (Å²) >= 11 is 0. The SMILES string of the molecule is Cn1ccc(C(=O)c2cccnc2)n1. The van der Waals surface area contributed by atoms with Crippen LogP contribution in [0.1, 0.15) is 16.1 Å². The van der Waals surface area contributed by atoms with E-state index in [0.29, 0.717) is 11.3 Å². The number of rotatable bonds is 2. The molecule has 2 rings (SSSR count). The van der Waals surface area contributed by atoms with E-state index < -0.39 is 0 Å². The van der Waals surface area contributed by atoms with Gasteiger partial charge in [-0.05, 0) is 18.2 Å². The van der Waals surface area contributed by atoms with Crippen LogP contribution in [0.5, 0.6) is 0 Å². The molecule has 4 nitrogen and oxygen atoms in total. The third-order valence-electron chi connectivity index (χ3n) is 1.87. The van der Waals surface area contributed by atoms with Crippen LogP contribution in [-0.4, -0.2) is 20.5 Å². The molecule has 0 saturated heterocycles. The van der Waals surface area contributed by atoms with Gasteiger partial charge in [0.1, 0.15) is 5.69 Å². The van der Waals surface area contributed by atoms with E-state index in [1.54, 1.807) is 42.3 Å². The number of carbonyl (C=O) groups excluding carboxylic acids is 1. The molecule has 0 bridgehead atoms. The Kier molecular flexibility index (Phi) is 2.10. The van der Waals surface area contributed by atoms with Crippen molar-refractivity contribution >= 4 is 5.78 Å². The molecule has 0 atom stereocenters. The van der Waals surface area contributed by atoms with E-state index in [2.05, 4.69) is 10.1 Å². The molecule has 14 heavy (non-hydrogen) atoms. The molecule has 2 aromatic heterocycles. The van der Waals surface area contributed by atoms with E-state index in [1.807, 2.05) is 0 Å². The van der Waals surface area contributed by atoms with E-state index in [4.69, 9.17) is 0 Å². The minimum absolute atomic E-state index is 0.0984. The second-order valence-electron chi connectivity index (χ2n) is 2.95. The fourth-order valence-electron chi connectivity index (χ4n) is 1.18. The first-order chi connectivity index (χ1) is 6.77. The number of carbonyl (C=O) groups is 1. The Hall–Kier alpha value is -1.97. The van der Waals surface area contributed by atoms with Crippen LogP contribution in [0.15, 0.2) is 36.8 Å². The highest BCUT2D eigenvalue weighted by Crippen LogP contribution is 2.05. The number of hydrogen-bond donors (Lipinski definition) is 0. The van der Waals surface area contributed by atoms with Crippen LogP contribution in [0.2, 0.25) is 0 Å². The lowest BCUT2D eigenvalue weighted by Gasteiger charge is -1.94. The molecule has 0 unspecified atom stereocenters. The molecule has 0 aromatic carbocycles. The molecule has 0 aliphatic carbocycles. The summed E-state index contributed by atoms with van der Waals surface area (Å²) in [5.74, 6) is -0.0984. The van der Waals surface area contributed by atoms with Crippen molar-refractivity contribution in [2.75, 3.05) is 0 Å². The van der Waals surface area contributed by atoms with Gasteiger partial charge in [0, 0.05) is 31.2 Å².